The fourth-order valence-electron chi connectivity index (χ4n) is 2.52. The Labute approximate surface area is 172 Å². The Bertz CT molecular complexity index is 1030. The molecular weight excluding hydrogens is 380 g/mol. The number of rotatable bonds is 11. The second-order valence-corrected chi connectivity index (χ2v) is 7.52. The summed E-state index contributed by atoms with van der Waals surface area (Å²) in [5, 5.41) is 7.82. The molecule has 0 heterocycles. The summed E-state index contributed by atoms with van der Waals surface area (Å²) in [6.45, 7) is -1.59. The maximum absolute atomic E-state index is 11.8. The molecule has 3 N–H and O–H groups in total. The van der Waals surface area contributed by atoms with Crippen molar-refractivity contribution in [1.82, 2.24) is 5.32 Å². The minimum absolute atomic E-state index is 0.0747. The minimum atomic E-state index is -4.02. The smallest absolute Gasteiger partial charge is 0.241 e. The van der Waals surface area contributed by atoms with Gasteiger partial charge in [-0.05, 0) is 50.1 Å². The lowest BCUT2D eigenvalue weighted by molar-refractivity contribution is 0.272. The summed E-state index contributed by atoms with van der Waals surface area (Å²) in [6.07, 6.45) is 0.192. The number of methoxy groups -OCH3 is 1. The van der Waals surface area contributed by atoms with Crippen molar-refractivity contribution >= 4 is 10.0 Å². The topological polar surface area (TPSA) is 99.9 Å². The Morgan fingerprint density at radius 1 is 1.14 bits per heavy atom. The number of hydrogen-bond donors (Lipinski definition) is 2. The van der Waals surface area contributed by atoms with Crippen molar-refractivity contribution in [1.29, 1.82) is 0 Å². The SMILES string of the molecule is [2H]C([2H])(N[C@H](C)Cc1ccc(OC)c(S(N)(=O)=O)c1)C([2H])([2H])Oc1ccccc1OCC. The molecule has 1 atom stereocenters. The van der Waals surface area contributed by atoms with E-state index in [1.165, 1.54) is 25.3 Å². The normalized spacial score (nSPS) is 15.6. The van der Waals surface area contributed by atoms with E-state index in [4.69, 9.17) is 24.8 Å². The standard InChI is InChI=1S/C20H28N2O5S/c1-4-26-17-7-5-6-8-18(17)27-12-11-22-15(2)13-16-9-10-19(25-3)20(14-16)28(21,23)24/h5-10,14-15,22H,4,11-13H2,1-3H3,(H2,21,23,24)/t15-/m1/s1/i11D2,12D2. The summed E-state index contributed by atoms with van der Waals surface area (Å²) in [5.41, 5.74) is 0.550. The van der Waals surface area contributed by atoms with Crippen molar-refractivity contribution in [3.63, 3.8) is 0 Å². The Morgan fingerprint density at radius 3 is 2.43 bits per heavy atom. The highest BCUT2D eigenvalue weighted by Gasteiger charge is 2.16. The molecule has 0 bridgehead atoms. The molecule has 0 aliphatic rings. The average Bonchev–Trinajstić information content (AvgIpc) is 2.68. The van der Waals surface area contributed by atoms with Crippen molar-refractivity contribution < 1.29 is 28.1 Å². The molecule has 2 aromatic rings. The first kappa shape index (κ1) is 16.6. The zero-order valence-electron chi connectivity index (χ0n) is 20.1. The summed E-state index contributed by atoms with van der Waals surface area (Å²) in [5.74, 6) is 0.479. The lowest BCUT2D eigenvalue weighted by Crippen LogP contribution is -2.32. The van der Waals surface area contributed by atoms with Crippen LogP contribution in [0.5, 0.6) is 17.2 Å². The van der Waals surface area contributed by atoms with Crippen LogP contribution < -0.4 is 24.7 Å². The third kappa shape index (κ3) is 6.40. The fraction of sp³-hybridized carbons (Fsp3) is 0.400. The predicted molar refractivity (Wildman–Crippen MR) is 109 cm³/mol. The van der Waals surface area contributed by atoms with Crippen LogP contribution in [-0.2, 0) is 16.4 Å². The van der Waals surface area contributed by atoms with E-state index < -0.39 is 29.1 Å². The van der Waals surface area contributed by atoms with E-state index >= 15 is 0 Å². The molecule has 0 amide bonds. The van der Waals surface area contributed by atoms with Gasteiger partial charge in [0.2, 0.25) is 10.0 Å². The van der Waals surface area contributed by atoms with Crippen molar-refractivity contribution in [3.05, 3.63) is 48.0 Å². The molecule has 28 heavy (non-hydrogen) atoms. The molecule has 7 nitrogen and oxygen atoms in total. The van der Waals surface area contributed by atoms with Crippen LogP contribution in [0.25, 0.3) is 0 Å². The first-order valence-corrected chi connectivity index (χ1v) is 10.2. The molecule has 0 saturated heterocycles. The van der Waals surface area contributed by atoms with E-state index in [1.807, 2.05) is 0 Å². The van der Waals surface area contributed by atoms with Gasteiger partial charge in [0, 0.05) is 15.3 Å². The van der Waals surface area contributed by atoms with Crippen molar-refractivity contribution in [2.45, 2.75) is 31.2 Å². The Kier molecular flexibility index (Phi) is 6.13. The van der Waals surface area contributed by atoms with Crippen LogP contribution in [0, 0.1) is 0 Å². The van der Waals surface area contributed by atoms with E-state index in [2.05, 4.69) is 5.32 Å². The van der Waals surface area contributed by atoms with Gasteiger partial charge in [0.05, 0.1) is 16.5 Å². The van der Waals surface area contributed by atoms with Crippen molar-refractivity contribution in [3.8, 4) is 17.2 Å². The average molecular weight is 413 g/mol. The predicted octanol–water partition coefficient (Wildman–Crippen LogP) is 2.34. The largest absolute Gasteiger partial charge is 0.495 e. The molecule has 0 unspecified atom stereocenters. The van der Waals surface area contributed by atoms with Gasteiger partial charge in [-0.3, -0.25) is 0 Å². The molecule has 8 heteroatoms. The van der Waals surface area contributed by atoms with Gasteiger partial charge >= 0.3 is 0 Å². The molecule has 0 aromatic heterocycles. The molecule has 0 spiro atoms. The highest BCUT2D eigenvalue weighted by Crippen LogP contribution is 2.26. The maximum Gasteiger partial charge on any atom is 0.241 e. The lowest BCUT2D eigenvalue weighted by atomic mass is 10.1. The minimum Gasteiger partial charge on any atom is -0.495 e. The third-order valence-electron chi connectivity index (χ3n) is 3.76. The van der Waals surface area contributed by atoms with Gasteiger partial charge in [0.1, 0.15) is 17.2 Å². The number of primary sulfonamides is 1. The van der Waals surface area contributed by atoms with E-state index in [-0.39, 0.29) is 22.8 Å². The zero-order valence-corrected chi connectivity index (χ0v) is 16.9. The van der Waals surface area contributed by atoms with Crippen LogP contribution in [0.4, 0.5) is 0 Å². The van der Waals surface area contributed by atoms with Gasteiger partial charge in [-0.15, -0.1) is 0 Å². The second kappa shape index (κ2) is 10.3. The number of nitrogens with one attached hydrogen (secondary N) is 1. The van der Waals surface area contributed by atoms with Gasteiger partial charge in [-0.2, -0.15) is 0 Å². The molecule has 154 valence electrons. The van der Waals surface area contributed by atoms with Gasteiger partial charge < -0.3 is 19.5 Å². The van der Waals surface area contributed by atoms with Gasteiger partial charge in [-0.25, -0.2) is 13.6 Å². The molecule has 0 aliphatic heterocycles. The summed E-state index contributed by atoms with van der Waals surface area (Å²) < 4.78 is 72.2. The number of para-hydroxylation sites is 2. The first-order valence-electron chi connectivity index (χ1n) is 10.7. The van der Waals surface area contributed by atoms with E-state index in [1.54, 1.807) is 38.1 Å². The highest BCUT2D eigenvalue weighted by atomic mass is 32.2. The van der Waals surface area contributed by atoms with Crippen molar-refractivity contribution in [2.75, 3.05) is 26.8 Å². The van der Waals surface area contributed by atoms with Crippen LogP contribution >= 0.6 is 0 Å². The maximum atomic E-state index is 11.8. The van der Waals surface area contributed by atoms with E-state index in [9.17, 15) is 8.42 Å². The summed E-state index contributed by atoms with van der Waals surface area (Å²) in [7, 11) is -2.69. The third-order valence-corrected chi connectivity index (χ3v) is 4.69. The number of hydrogen-bond acceptors (Lipinski definition) is 6. The van der Waals surface area contributed by atoms with Crippen LogP contribution in [0.2, 0.25) is 0 Å². The van der Waals surface area contributed by atoms with Crippen LogP contribution in [-0.4, -0.2) is 41.2 Å². The molecule has 2 rings (SSSR count). The van der Waals surface area contributed by atoms with E-state index in [0.29, 0.717) is 17.9 Å². The molecule has 2 aromatic carbocycles. The van der Waals surface area contributed by atoms with Crippen molar-refractivity contribution in [2.24, 2.45) is 5.14 Å². The number of benzene rings is 2. The Morgan fingerprint density at radius 2 is 1.82 bits per heavy atom. The quantitative estimate of drug-likeness (QED) is 0.588. The van der Waals surface area contributed by atoms with E-state index in [0.717, 1.165) is 0 Å². The summed E-state index contributed by atoms with van der Waals surface area (Å²) >= 11 is 0. The van der Waals surface area contributed by atoms with Crippen LogP contribution in [0.3, 0.4) is 0 Å². The van der Waals surface area contributed by atoms with Gasteiger partial charge in [0.25, 0.3) is 0 Å². The summed E-state index contributed by atoms with van der Waals surface area (Å²) in [4.78, 5) is -0.182. The van der Waals surface area contributed by atoms with Gasteiger partial charge in [0.15, 0.2) is 11.5 Å². The Hall–Kier alpha value is -2.29. The Balaban J connectivity index is 2.17. The molecular formula is C20H28N2O5S. The zero-order chi connectivity index (χ0) is 24.2. The second-order valence-electron chi connectivity index (χ2n) is 5.99. The number of sulfonamides is 1. The highest BCUT2D eigenvalue weighted by molar-refractivity contribution is 7.89. The molecule has 0 radical (unpaired) electrons. The fourth-order valence-corrected chi connectivity index (χ4v) is 3.26. The van der Waals surface area contributed by atoms with Gasteiger partial charge in [-0.1, -0.05) is 18.2 Å². The monoisotopic (exact) mass is 412 g/mol. The first-order chi connectivity index (χ1) is 14.8. The molecule has 0 aliphatic carbocycles. The lowest BCUT2D eigenvalue weighted by Gasteiger charge is -2.16. The molecule has 0 saturated carbocycles. The number of ether oxygens (including phenoxy) is 3. The summed E-state index contributed by atoms with van der Waals surface area (Å²) in [6, 6.07) is 10.3. The van der Waals surface area contributed by atoms with Crippen LogP contribution in [0.1, 0.15) is 24.9 Å². The van der Waals surface area contributed by atoms with Crippen LogP contribution in [0.15, 0.2) is 47.4 Å². The molecule has 0 fully saturated rings. The number of nitrogens with two attached hydrogens (primary N) is 1.